The lowest BCUT2D eigenvalue weighted by Crippen LogP contribution is -2.19. The molecule has 122 valence electrons. The first kappa shape index (κ1) is 16.7. The molecule has 1 aromatic carbocycles. The lowest BCUT2D eigenvalue weighted by atomic mass is 10.1. The molecular formula is C17H21N3O3. The van der Waals surface area contributed by atoms with Crippen molar-refractivity contribution in [2.75, 3.05) is 12.3 Å². The number of hydrogen-bond donors (Lipinski definition) is 1. The highest BCUT2D eigenvalue weighted by molar-refractivity contribution is 5.92. The summed E-state index contributed by atoms with van der Waals surface area (Å²) in [6.07, 6.45) is -0.473. The van der Waals surface area contributed by atoms with Gasteiger partial charge in [-0.25, -0.2) is 14.8 Å². The van der Waals surface area contributed by atoms with Gasteiger partial charge in [-0.05, 0) is 39.3 Å². The topological polar surface area (TPSA) is 87.3 Å². The molecule has 2 aromatic rings. The van der Waals surface area contributed by atoms with Gasteiger partial charge in [0.05, 0.1) is 12.3 Å². The highest BCUT2D eigenvalue weighted by atomic mass is 16.5. The summed E-state index contributed by atoms with van der Waals surface area (Å²) < 4.78 is 11.1. The number of carbonyl (C=O) groups excluding carboxylic acids is 1. The number of nitrogens with zero attached hydrogens (tertiary/aromatic N) is 2. The van der Waals surface area contributed by atoms with Crippen LogP contribution in [0.3, 0.4) is 0 Å². The molecular weight excluding hydrogens is 294 g/mol. The minimum absolute atomic E-state index is 0.103. The smallest absolute Gasteiger partial charge is 0.342 e. The number of para-hydroxylation sites is 1. The van der Waals surface area contributed by atoms with E-state index in [2.05, 4.69) is 9.97 Å². The van der Waals surface area contributed by atoms with E-state index in [1.165, 1.54) is 0 Å². The van der Waals surface area contributed by atoms with Crippen molar-refractivity contribution in [3.63, 3.8) is 0 Å². The van der Waals surface area contributed by atoms with Gasteiger partial charge < -0.3 is 15.2 Å². The molecule has 0 fully saturated rings. The molecule has 0 amide bonds. The number of aromatic nitrogens is 2. The van der Waals surface area contributed by atoms with E-state index in [4.69, 9.17) is 15.2 Å². The second-order valence-corrected chi connectivity index (χ2v) is 5.17. The summed E-state index contributed by atoms with van der Waals surface area (Å²) in [6, 6.07) is 7.64. The fraction of sp³-hybridized carbons (Fsp3) is 0.353. The van der Waals surface area contributed by atoms with Crippen LogP contribution < -0.4 is 10.5 Å². The van der Waals surface area contributed by atoms with Gasteiger partial charge in [-0.2, -0.15) is 0 Å². The number of carbonyl (C=O) groups is 1. The normalized spacial score (nSPS) is 11.8. The molecule has 1 unspecified atom stereocenters. The maximum Gasteiger partial charge on any atom is 0.342 e. The molecule has 6 heteroatoms. The van der Waals surface area contributed by atoms with Gasteiger partial charge in [-0.15, -0.1) is 0 Å². The SMILES string of the molecule is CCOC(=O)c1c(C)nc(N)nc1C(C)Oc1ccccc1C. The van der Waals surface area contributed by atoms with Crippen LogP contribution >= 0.6 is 0 Å². The number of nitrogen functional groups attached to an aromatic ring is 1. The minimum atomic E-state index is -0.473. The van der Waals surface area contributed by atoms with Gasteiger partial charge in [0, 0.05) is 0 Å². The first-order valence-electron chi connectivity index (χ1n) is 7.47. The number of benzene rings is 1. The van der Waals surface area contributed by atoms with Gasteiger partial charge in [-0.3, -0.25) is 0 Å². The van der Waals surface area contributed by atoms with Crippen molar-refractivity contribution in [1.82, 2.24) is 9.97 Å². The van der Waals surface area contributed by atoms with Crippen molar-refractivity contribution in [2.45, 2.75) is 33.8 Å². The molecule has 6 nitrogen and oxygen atoms in total. The maximum atomic E-state index is 12.2. The first-order valence-corrected chi connectivity index (χ1v) is 7.47. The zero-order chi connectivity index (χ0) is 17.0. The van der Waals surface area contributed by atoms with Gasteiger partial charge in [0.1, 0.15) is 23.1 Å². The molecule has 0 aliphatic carbocycles. The zero-order valence-corrected chi connectivity index (χ0v) is 13.8. The van der Waals surface area contributed by atoms with Gasteiger partial charge in [-0.1, -0.05) is 18.2 Å². The summed E-state index contributed by atoms with van der Waals surface area (Å²) in [4.78, 5) is 20.5. The van der Waals surface area contributed by atoms with Crippen molar-refractivity contribution >= 4 is 11.9 Å². The number of rotatable bonds is 5. The van der Waals surface area contributed by atoms with Crippen LogP contribution in [0.15, 0.2) is 24.3 Å². The summed E-state index contributed by atoms with van der Waals surface area (Å²) in [5.41, 5.74) is 7.94. The van der Waals surface area contributed by atoms with E-state index in [-0.39, 0.29) is 12.6 Å². The molecule has 0 spiro atoms. The zero-order valence-electron chi connectivity index (χ0n) is 13.8. The summed E-state index contributed by atoms with van der Waals surface area (Å²) >= 11 is 0. The number of esters is 1. The highest BCUT2D eigenvalue weighted by Gasteiger charge is 2.24. The highest BCUT2D eigenvalue weighted by Crippen LogP contribution is 2.27. The minimum Gasteiger partial charge on any atom is -0.484 e. The number of aryl methyl sites for hydroxylation is 2. The monoisotopic (exact) mass is 315 g/mol. The Labute approximate surface area is 135 Å². The Bertz CT molecular complexity index is 716. The van der Waals surface area contributed by atoms with E-state index in [9.17, 15) is 4.79 Å². The lowest BCUT2D eigenvalue weighted by Gasteiger charge is -2.19. The third-order valence-corrected chi connectivity index (χ3v) is 3.40. The third-order valence-electron chi connectivity index (χ3n) is 3.40. The quantitative estimate of drug-likeness (QED) is 0.853. The van der Waals surface area contributed by atoms with Gasteiger partial charge in [0.25, 0.3) is 0 Å². The molecule has 2 N–H and O–H groups in total. The number of hydrogen-bond acceptors (Lipinski definition) is 6. The molecule has 0 saturated heterocycles. The molecule has 1 aromatic heterocycles. The van der Waals surface area contributed by atoms with Crippen LogP contribution in [0.5, 0.6) is 5.75 Å². The Morgan fingerprint density at radius 2 is 1.96 bits per heavy atom. The van der Waals surface area contributed by atoms with Crippen LogP contribution in [0.1, 0.15) is 47.3 Å². The predicted molar refractivity (Wildman–Crippen MR) is 87.4 cm³/mol. The van der Waals surface area contributed by atoms with Crippen LogP contribution in [0, 0.1) is 13.8 Å². The van der Waals surface area contributed by atoms with E-state index < -0.39 is 12.1 Å². The summed E-state index contributed by atoms with van der Waals surface area (Å²) in [6.45, 7) is 7.49. The Morgan fingerprint density at radius 3 is 2.61 bits per heavy atom. The van der Waals surface area contributed by atoms with Crippen molar-refractivity contribution in [3.8, 4) is 5.75 Å². The van der Waals surface area contributed by atoms with E-state index in [1.807, 2.05) is 38.1 Å². The molecule has 23 heavy (non-hydrogen) atoms. The lowest BCUT2D eigenvalue weighted by molar-refractivity contribution is 0.0518. The molecule has 1 atom stereocenters. The van der Waals surface area contributed by atoms with E-state index in [1.54, 1.807) is 13.8 Å². The van der Waals surface area contributed by atoms with Crippen LogP contribution in [0.2, 0.25) is 0 Å². The Balaban J connectivity index is 2.41. The van der Waals surface area contributed by atoms with Gasteiger partial charge >= 0.3 is 5.97 Å². The van der Waals surface area contributed by atoms with E-state index in [0.29, 0.717) is 17.0 Å². The van der Waals surface area contributed by atoms with Crippen LogP contribution in [-0.2, 0) is 4.74 Å². The molecule has 1 heterocycles. The number of anilines is 1. The first-order chi connectivity index (χ1) is 10.9. The molecule has 0 aliphatic rings. The second-order valence-electron chi connectivity index (χ2n) is 5.17. The van der Waals surface area contributed by atoms with E-state index >= 15 is 0 Å². The summed E-state index contributed by atoms with van der Waals surface area (Å²) in [5.74, 6) is 0.357. The fourth-order valence-electron chi connectivity index (χ4n) is 2.30. The standard InChI is InChI=1S/C17H21N3O3/c1-5-22-16(21)14-11(3)19-17(18)20-15(14)12(4)23-13-9-7-6-8-10(13)2/h6-9,12H,5H2,1-4H3,(H2,18,19,20). The van der Waals surface area contributed by atoms with Crippen LogP contribution in [0.25, 0.3) is 0 Å². The van der Waals surface area contributed by atoms with Crippen molar-refractivity contribution in [1.29, 1.82) is 0 Å². The maximum absolute atomic E-state index is 12.2. The second kappa shape index (κ2) is 7.09. The predicted octanol–water partition coefficient (Wildman–Crippen LogP) is 2.99. The summed E-state index contributed by atoms with van der Waals surface area (Å²) in [7, 11) is 0. The molecule has 2 rings (SSSR count). The average Bonchev–Trinajstić information content (AvgIpc) is 2.48. The molecule has 0 saturated carbocycles. The largest absolute Gasteiger partial charge is 0.484 e. The Morgan fingerprint density at radius 1 is 1.26 bits per heavy atom. The van der Waals surface area contributed by atoms with Crippen LogP contribution in [0.4, 0.5) is 5.95 Å². The molecule has 0 aliphatic heterocycles. The van der Waals surface area contributed by atoms with E-state index in [0.717, 1.165) is 11.3 Å². The number of nitrogens with two attached hydrogens (primary N) is 1. The van der Waals surface area contributed by atoms with Crippen molar-refractivity contribution in [3.05, 3.63) is 46.8 Å². The Hall–Kier alpha value is -2.63. The van der Waals surface area contributed by atoms with Crippen molar-refractivity contribution < 1.29 is 14.3 Å². The summed E-state index contributed by atoms with van der Waals surface area (Å²) in [5, 5.41) is 0. The Kier molecular flexibility index (Phi) is 5.16. The molecule has 0 bridgehead atoms. The van der Waals surface area contributed by atoms with Crippen molar-refractivity contribution in [2.24, 2.45) is 0 Å². The molecule has 0 radical (unpaired) electrons. The fourth-order valence-corrected chi connectivity index (χ4v) is 2.30. The van der Waals surface area contributed by atoms with Gasteiger partial charge in [0.15, 0.2) is 0 Å². The third kappa shape index (κ3) is 3.77. The van der Waals surface area contributed by atoms with Crippen LogP contribution in [-0.4, -0.2) is 22.5 Å². The average molecular weight is 315 g/mol. The van der Waals surface area contributed by atoms with Gasteiger partial charge in [0.2, 0.25) is 5.95 Å². The number of ether oxygens (including phenoxy) is 2.